The molecule has 0 heterocycles. The van der Waals surface area contributed by atoms with Crippen molar-refractivity contribution < 1.29 is 17.9 Å². The highest BCUT2D eigenvalue weighted by Crippen LogP contribution is 2.27. The highest BCUT2D eigenvalue weighted by molar-refractivity contribution is 7.92. The van der Waals surface area contributed by atoms with Gasteiger partial charge in [0.2, 0.25) is 0 Å². The van der Waals surface area contributed by atoms with Gasteiger partial charge < -0.3 is 4.74 Å². The lowest BCUT2D eigenvalue weighted by molar-refractivity contribution is -0.119. The van der Waals surface area contributed by atoms with Crippen LogP contribution in [0.2, 0.25) is 0 Å². The molecule has 0 saturated heterocycles. The van der Waals surface area contributed by atoms with Crippen molar-refractivity contribution in [2.24, 2.45) is 5.10 Å². The number of aryl methyl sites for hydroxylation is 1. The van der Waals surface area contributed by atoms with Crippen molar-refractivity contribution in [2.45, 2.75) is 56.8 Å². The Kier molecular flexibility index (Phi) is 8.27. The number of amides is 1. The first kappa shape index (κ1) is 23.8. The van der Waals surface area contributed by atoms with Crippen molar-refractivity contribution in [3.8, 4) is 5.75 Å². The lowest BCUT2D eigenvalue weighted by atomic mass is 9.99. The molecule has 172 valence electrons. The number of hydrogen-bond acceptors (Lipinski definition) is 5. The maximum absolute atomic E-state index is 13.4. The lowest BCUT2D eigenvalue weighted by Gasteiger charge is -2.24. The summed E-state index contributed by atoms with van der Waals surface area (Å²) >= 11 is 0. The van der Waals surface area contributed by atoms with Gasteiger partial charge in [-0.15, -0.1) is 0 Å². The number of rotatable bonds is 7. The molecule has 8 heteroatoms. The molecular weight excluding hydrogens is 426 g/mol. The maximum Gasteiger partial charge on any atom is 0.264 e. The van der Waals surface area contributed by atoms with Gasteiger partial charge in [0.05, 0.1) is 17.7 Å². The fraction of sp³-hybridized carbons (Fsp3) is 0.417. The van der Waals surface area contributed by atoms with Crippen molar-refractivity contribution in [2.75, 3.05) is 18.0 Å². The van der Waals surface area contributed by atoms with Crippen LogP contribution in [0.3, 0.4) is 0 Å². The molecule has 2 aromatic rings. The van der Waals surface area contributed by atoms with Crippen LogP contribution in [0.15, 0.2) is 58.5 Å². The molecule has 0 unspecified atom stereocenters. The van der Waals surface area contributed by atoms with E-state index in [1.165, 1.54) is 26.4 Å². The first-order valence-electron chi connectivity index (χ1n) is 11.0. The predicted octanol–water partition coefficient (Wildman–Crippen LogP) is 4.42. The molecule has 1 aliphatic rings. The summed E-state index contributed by atoms with van der Waals surface area (Å²) in [5.74, 6) is 0.0137. The summed E-state index contributed by atoms with van der Waals surface area (Å²) in [6, 6.07) is 13.2. The minimum Gasteiger partial charge on any atom is -0.497 e. The number of anilines is 1. The van der Waals surface area contributed by atoms with E-state index >= 15 is 0 Å². The number of methoxy groups -OCH3 is 1. The van der Waals surface area contributed by atoms with Gasteiger partial charge in [0.1, 0.15) is 12.3 Å². The first-order chi connectivity index (χ1) is 15.4. The van der Waals surface area contributed by atoms with Gasteiger partial charge in [-0.2, -0.15) is 5.10 Å². The second kappa shape index (κ2) is 11.1. The zero-order valence-electron chi connectivity index (χ0n) is 18.7. The third-order valence-corrected chi connectivity index (χ3v) is 7.30. The molecule has 0 aromatic heterocycles. The average molecular weight is 458 g/mol. The quantitative estimate of drug-likeness (QED) is 0.624. The average Bonchev–Trinajstić information content (AvgIpc) is 2.77. The third kappa shape index (κ3) is 6.32. The van der Waals surface area contributed by atoms with E-state index in [1.54, 1.807) is 48.5 Å². The summed E-state index contributed by atoms with van der Waals surface area (Å²) in [6.45, 7) is 1.50. The number of benzene rings is 2. The molecule has 0 atom stereocenters. The number of hydrogen-bond donors (Lipinski definition) is 1. The normalized spacial score (nSPS) is 14.8. The Bertz CT molecular complexity index is 1040. The molecule has 1 fully saturated rings. The third-order valence-electron chi connectivity index (χ3n) is 5.51. The summed E-state index contributed by atoms with van der Waals surface area (Å²) in [5.41, 5.74) is 4.83. The predicted molar refractivity (Wildman–Crippen MR) is 127 cm³/mol. The van der Waals surface area contributed by atoms with Crippen molar-refractivity contribution >= 4 is 27.3 Å². The monoisotopic (exact) mass is 457 g/mol. The van der Waals surface area contributed by atoms with Crippen LogP contribution in [0.5, 0.6) is 5.75 Å². The molecule has 32 heavy (non-hydrogen) atoms. The highest BCUT2D eigenvalue weighted by Gasteiger charge is 2.27. The summed E-state index contributed by atoms with van der Waals surface area (Å²) in [7, 11) is -2.47. The summed E-state index contributed by atoms with van der Waals surface area (Å²) in [5, 5.41) is 4.30. The Morgan fingerprint density at radius 1 is 1.03 bits per heavy atom. The molecule has 1 saturated carbocycles. The van der Waals surface area contributed by atoms with Crippen LogP contribution in [0, 0.1) is 6.92 Å². The van der Waals surface area contributed by atoms with Crippen LogP contribution in [0.25, 0.3) is 0 Å². The topological polar surface area (TPSA) is 88.1 Å². The fourth-order valence-electron chi connectivity index (χ4n) is 3.65. The Morgan fingerprint density at radius 3 is 2.34 bits per heavy atom. The van der Waals surface area contributed by atoms with E-state index < -0.39 is 15.9 Å². The van der Waals surface area contributed by atoms with Gasteiger partial charge >= 0.3 is 0 Å². The number of nitrogens with one attached hydrogen (secondary N) is 1. The second-order valence-electron chi connectivity index (χ2n) is 8.01. The Hall–Kier alpha value is -2.87. The zero-order valence-corrected chi connectivity index (χ0v) is 19.5. The molecule has 2 aromatic carbocycles. The lowest BCUT2D eigenvalue weighted by Crippen LogP contribution is -2.39. The van der Waals surface area contributed by atoms with Gasteiger partial charge in [0.25, 0.3) is 15.9 Å². The van der Waals surface area contributed by atoms with Gasteiger partial charge in [-0.05, 0) is 56.9 Å². The number of nitrogens with zero attached hydrogens (tertiary/aromatic N) is 2. The van der Waals surface area contributed by atoms with E-state index in [0.29, 0.717) is 11.4 Å². The molecule has 1 aliphatic carbocycles. The van der Waals surface area contributed by atoms with Crippen LogP contribution < -0.4 is 14.5 Å². The van der Waals surface area contributed by atoms with Gasteiger partial charge in [0, 0.05) is 11.8 Å². The number of sulfonamides is 1. The summed E-state index contributed by atoms with van der Waals surface area (Å²) < 4.78 is 33.2. The van der Waals surface area contributed by atoms with Crippen LogP contribution in [-0.2, 0) is 14.8 Å². The van der Waals surface area contributed by atoms with Gasteiger partial charge in [-0.1, -0.05) is 43.0 Å². The first-order valence-corrected chi connectivity index (χ1v) is 12.4. The van der Waals surface area contributed by atoms with E-state index in [9.17, 15) is 13.2 Å². The standard InChI is InChI=1S/C24H31N3O4S/c1-19-13-15-23(16-14-19)32(29,30)27(21-11-8-12-22(17-21)31-2)18-24(28)26-25-20-9-6-4-3-5-7-10-20/h8,11-17H,3-7,9-10,18H2,1-2H3,(H,26,28). The Morgan fingerprint density at radius 2 is 1.69 bits per heavy atom. The number of hydrazone groups is 1. The molecule has 1 N–H and O–H groups in total. The van der Waals surface area contributed by atoms with Crippen molar-refractivity contribution in [1.82, 2.24) is 5.43 Å². The van der Waals surface area contributed by atoms with E-state index in [4.69, 9.17) is 4.74 Å². The van der Waals surface area contributed by atoms with Gasteiger partial charge in [-0.3, -0.25) is 9.10 Å². The molecule has 0 aliphatic heterocycles. The smallest absolute Gasteiger partial charge is 0.264 e. The van der Waals surface area contributed by atoms with E-state index in [2.05, 4.69) is 10.5 Å². The van der Waals surface area contributed by atoms with Crippen LogP contribution in [0.1, 0.15) is 50.5 Å². The van der Waals surface area contributed by atoms with Crippen LogP contribution in [0.4, 0.5) is 5.69 Å². The van der Waals surface area contributed by atoms with Crippen LogP contribution in [-0.4, -0.2) is 33.7 Å². The van der Waals surface area contributed by atoms with Crippen molar-refractivity contribution in [3.63, 3.8) is 0 Å². The Balaban J connectivity index is 1.85. The zero-order chi connectivity index (χ0) is 23.0. The second-order valence-corrected chi connectivity index (χ2v) is 9.87. The van der Waals surface area contributed by atoms with Gasteiger partial charge in [-0.25, -0.2) is 13.8 Å². The fourth-order valence-corrected chi connectivity index (χ4v) is 5.06. The minimum absolute atomic E-state index is 0.116. The SMILES string of the molecule is COc1cccc(N(CC(=O)NN=C2CCCCCCC2)S(=O)(=O)c2ccc(C)cc2)c1. The minimum atomic E-state index is -3.98. The maximum atomic E-state index is 13.4. The van der Waals surface area contributed by atoms with Crippen LogP contribution >= 0.6 is 0 Å². The number of carbonyl (C=O) groups is 1. The summed E-state index contributed by atoms with van der Waals surface area (Å²) in [4.78, 5) is 12.9. The van der Waals surface area contributed by atoms with E-state index in [1.807, 2.05) is 6.92 Å². The molecule has 3 rings (SSSR count). The Labute approximate surface area is 190 Å². The molecule has 1 amide bonds. The molecule has 0 radical (unpaired) electrons. The largest absolute Gasteiger partial charge is 0.497 e. The van der Waals surface area contributed by atoms with E-state index in [0.717, 1.165) is 41.3 Å². The van der Waals surface area contributed by atoms with Gasteiger partial charge in [0.15, 0.2) is 0 Å². The van der Waals surface area contributed by atoms with Crippen molar-refractivity contribution in [3.05, 3.63) is 54.1 Å². The van der Waals surface area contributed by atoms with E-state index in [-0.39, 0.29) is 11.4 Å². The van der Waals surface area contributed by atoms with Crippen molar-refractivity contribution in [1.29, 1.82) is 0 Å². The molecule has 0 spiro atoms. The molecule has 0 bridgehead atoms. The number of ether oxygens (including phenoxy) is 1. The number of carbonyl (C=O) groups excluding carboxylic acids is 1. The summed E-state index contributed by atoms with van der Waals surface area (Å²) in [6.07, 6.45) is 7.44. The highest BCUT2D eigenvalue weighted by atomic mass is 32.2. The molecule has 7 nitrogen and oxygen atoms in total. The molecular formula is C24H31N3O4S.